The zero-order chi connectivity index (χ0) is 19.5. The van der Waals surface area contributed by atoms with Crippen LogP contribution in [0.25, 0.3) is 0 Å². The van der Waals surface area contributed by atoms with E-state index in [9.17, 15) is 26.7 Å². The Balaban J connectivity index is 2.39. The molecule has 0 atom stereocenters. The minimum Gasteiger partial charge on any atom is -0.489 e. The van der Waals surface area contributed by atoms with Crippen LogP contribution in [0, 0.1) is 0 Å². The molecule has 2 aromatic carbocycles. The Morgan fingerprint density at radius 3 is 2.35 bits per heavy atom. The summed E-state index contributed by atoms with van der Waals surface area (Å²) in [6.07, 6.45) is -4.65. The summed E-state index contributed by atoms with van der Waals surface area (Å²) >= 11 is 3.17. The molecule has 0 saturated carbocycles. The van der Waals surface area contributed by atoms with Crippen LogP contribution in [0.2, 0.25) is 0 Å². The van der Waals surface area contributed by atoms with Gasteiger partial charge in [-0.2, -0.15) is 13.2 Å². The summed E-state index contributed by atoms with van der Waals surface area (Å²) in [5.41, 5.74) is -1.54. The number of benzene rings is 2. The van der Waals surface area contributed by atoms with Crippen LogP contribution in [0.5, 0.6) is 5.75 Å². The first-order valence-electron chi connectivity index (χ1n) is 7.54. The second-order valence-corrected chi connectivity index (χ2v) is 6.47. The predicted molar refractivity (Wildman–Crippen MR) is 89.5 cm³/mol. The molecule has 26 heavy (non-hydrogen) atoms. The lowest BCUT2D eigenvalue weighted by molar-refractivity contribution is -0.137. The summed E-state index contributed by atoms with van der Waals surface area (Å²) in [5.74, 6) is -3.11. The normalized spacial score (nSPS) is 12.1. The van der Waals surface area contributed by atoms with Gasteiger partial charge in [-0.1, -0.05) is 28.9 Å². The van der Waals surface area contributed by atoms with Crippen LogP contribution in [0.15, 0.2) is 40.9 Å². The van der Waals surface area contributed by atoms with Crippen LogP contribution >= 0.6 is 15.9 Å². The van der Waals surface area contributed by atoms with Crippen molar-refractivity contribution in [2.24, 2.45) is 0 Å². The van der Waals surface area contributed by atoms with Gasteiger partial charge in [0.05, 0.1) is 5.56 Å². The van der Waals surface area contributed by atoms with Gasteiger partial charge in [0.2, 0.25) is 0 Å². The Labute approximate surface area is 155 Å². The van der Waals surface area contributed by atoms with E-state index in [1.165, 1.54) is 25.1 Å². The van der Waals surface area contributed by atoms with Gasteiger partial charge >= 0.3 is 6.18 Å². The van der Waals surface area contributed by atoms with Gasteiger partial charge in [-0.15, -0.1) is 0 Å². The largest absolute Gasteiger partial charge is 0.489 e. The number of hydrogen-bond donors (Lipinski definition) is 0. The van der Waals surface area contributed by atoms with Gasteiger partial charge in [-0.05, 0) is 35.9 Å². The van der Waals surface area contributed by atoms with Crippen molar-refractivity contribution in [1.29, 1.82) is 0 Å². The standard InChI is InChI=1S/C18H14BrF5O2/c1-2-17(20,21)16-4-3-13(18(22,23)24)7-12(16)10-26-15-6-11(9-25)5-14(19)8-15/h3-9H,2,10H2,1H3. The summed E-state index contributed by atoms with van der Waals surface area (Å²) in [5, 5.41) is 0. The van der Waals surface area contributed by atoms with E-state index >= 15 is 0 Å². The molecule has 0 spiro atoms. The third kappa shape index (κ3) is 4.81. The van der Waals surface area contributed by atoms with E-state index in [0.717, 1.165) is 6.07 Å². The highest BCUT2D eigenvalue weighted by molar-refractivity contribution is 9.10. The zero-order valence-electron chi connectivity index (χ0n) is 13.5. The van der Waals surface area contributed by atoms with Gasteiger partial charge in [0.25, 0.3) is 5.92 Å². The van der Waals surface area contributed by atoms with Crippen LogP contribution in [0.3, 0.4) is 0 Å². The Bertz CT molecular complexity index is 803. The molecule has 0 fully saturated rings. The molecular weight excluding hydrogens is 423 g/mol. The highest BCUT2D eigenvalue weighted by Gasteiger charge is 2.36. The highest BCUT2D eigenvalue weighted by atomic mass is 79.9. The van der Waals surface area contributed by atoms with Crippen LogP contribution in [0.1, 0.15) is 40.4 Å². The fourth-order valence-electron chi connectivity index (χ4n) is 2.33. The average Bonchev–Trinajstić information content (AvgIpc) is 2.58. The molecule has 0 aliphatic rings. The number of hydrogen-bond acceptors (Lipinski definition) is 2. The van der Waals surface area contributed by atoms with Gasteiger partial charge in [-0.3, -0.25) is 4.79 Å². The summed E-state index contributed by atoms with van der Waals surface area (Å²) in [4.78, 5) is 10.9. The molecule has 0 aliphatic heterocycles. The summed E-state index contributed by atoms with van der Waals surface area (Å²) in [6.45, 7) is 0.747. The SMILES string of the molecule is CCC(F)(F)c1ccc(C(F)(F)F)cc1COc1cc(Br)cc(C=O)c1. The first-order valence-corrected chi connectivity index (χ1v) is 8.33. The molecule has 0 bridgehead atoms. The smallest absolute Gasteiger partial charge is 0.416 e. The fourth-order valence-corrected chi connectivity index (χ4v) is 2.82. The number of rotatable bonds is 6. The van der Waals surface area contributed by atoms with E-state index in [0.29, 0.717) is 22.9 Å². The quantitative estimate of drug-likeness (QED) is 0.388. The molecular formula is C18H14BrF5O2. The minimum absolute atomic E-state index is 0.171. The van der Waals surface area contributed by atoms with Crippen LogP contribution in [0.4, 0.5) is 22.0 Å². The van der Waals surface area contributed by atoms with E-state index in [-0.39, 0.29) is 16.9 Å². The number of halogens is 6. The predicted octanol–water partition coefficient (Wildman–Crippen LogP) is 6.36. The molecule has 0 N–H and O–H groups in total. The van der Waals surface area contributed by atoms with Crippen LogP contribution in [-0.4, -0.2) is 6.29 Å². The minimum atomic E-state index is -4.66. The zero-order valence-corrected chi connectivity index (χ0v) is 15.1. The molecule has 8 heteroatoms. The third-order valence-corrected chi connectivity index (χ3v) is 4.15. The molecule has 2 rings (SSSR count). The molecule has 140 valence electrons. The second kappa shape index (κ2) is 7.73. The summed E-state index contributed by atoms with van der Waals surface area (Å²) < 4.78 is 72.8. The molecule has 0 heterocycles. The van der Waals surface area contributed by atoms with Crippen molar-refractivity contribution in [3.8, 4) is 5.75 Å². The lowest BCUT2D eigenvalue weighted by atomic mass is 9.97. The number of aldehydes is 1. The van der Waals surface area contributed by atoms with Crippen molar-refractivity contribution >= 4 is 22.2 Å². The van der Waals surface area contributed by atoms with E-state index in [1.807, 2.05) is 0 Å². The van der Waals surface area contributed by atoms with E-state index in [2.05, 4.69) is 15.9 Å². The van der Waals surface area contributed by atoms with Gasteiger partial charge in [-0.25, -0.2) is 8.78 Å². The summed E-state index contributed by atoms with van der Waals surface area (Å²) in [7, 11) is 0. The number of alkyl halides is 5. The fraction of sp³-hybridized carbons (Fsp3) is 0.278. The van der Waals surface area contributed by atoms with Crippen molar-refractivity contribution in [2.45, 2.75) is 32.1 Å². The first-order chi connectivity index (χ1) is 12.1. The van der Waals surface area contributed by atoms with Crippen molar-refractivity contribution in [3.05, 3.63) is 63.1 Å². The van der Waals surface area contributed by atoms with E-state index < -0.39 is 36.3 Å². The molecule has 0 aromatic heterocycles. The highest BCUT2D eigenvalue weighted by Crippen LogP contribution is 2.38. The Hall–Kier alpha value is -1.96. The molecule has 0 unspecified atom stereocenters. The first kappa shape index (κ1) is 20.4. The lowest BCUT2D eigenvalue weighted by Crippen LogP contribution is -2.17. The average molecular weight is 437 g/mol. The van der Waals surface area contributed by atoms with E-state index in [1.54, 1.807) is 0 Å². The Morgan fingerprint density at radius 2 is 1.77 bits per heavy atom. The van der Waals surface area contributed by atoms with Gasteiger partial charge in [0, 0.05) is 22.0 Å². The summed E-state index contributed by atoms with van der Waals surface area (Å²) in [6, 6.07) is 6.44. The Morgan fingerprint density at radius 1 is 1.08 bits per heavy atom. The van der Waals surface area contributed by atoms with Gasteiger partial charge < -0.3 is 4.74 Å². The maximum atomic E-state index is 14.1. The Kier molecular flexibility index (Phi) is 6.05. The van der Waals surface area contributed by atoms with Crippen LogP contribution in [-0.2, 0) is 18.7 Å². The maximum absolute atomic E-state index is 14.1. The molecule has 2 aromatic rings. The number of ether oxygens (including phenoxy) is 1. The topological polar surface area (TPSA) is 26.3 Å². The molecule has 0 saturated heterocycles. The van der Waals surface area contributed by atoms with Crippen molar-refractivity contribution in [1.82, 2.24) is 0 Å². The third-order valence-electron chi connectivity index (χ3n) is 3.69. The second-order valence-electron chi connectivity index (χ2n) is 5.55. The molecule has 0 aliphatic carbocycles. The molecule has 2 nitrogen and oxygen atoms in total. The van der Waals surface area contributed by atoms with Crippen molar-refractivity contribution in [2.75, 3.05) is 0 Å². The van der Waals surface area contributed by atoms with Crippen molar-refractivity contribution in [3.63, 3.8) is 0 Å². The van der Waals surface area contributed by atoms with E-state index in [4.69, 9.17) is 4.74 Å². The van der Waals surface area contributed by atoms with Gasteiger partial charge in [0.15, 0.2) is 0 Å². The molecule has 0 radical (unpaired) electrons. The van der Waals surface area contributed by atoms with Crippen LogP contribution < -0.4 is 4.74 Å². The lowest BCUT2D eigenvalue weighted by Gasteiger charge is -2.20. The maximum Gasteiger partial charge on any atom is 0.416 e. The monoisotopic (exact) mass is 436 g/mol. The number of carbonyl (C=O) groups excluding carboxylic acids is 1. The van der Waals surface area contributed by atoms with Crippen molar-refractivity contribution < 1.29 is 31.5 Å². The van der Waals surface area contributed by atoms with Gasteiger partial charge in [0.1, 0.15) is 18.6 Å². The molecule has 0 amide bonds. The number of carbonyl (C=O) groups is 1.